The minimum absolute atomic E-state index is 0.00892. The van der Waals surface area contributed by atoms with Crippen molar-refractivity contribution in [1.29, 1.82) is 0 Å². The number of aromatic amines is 1. The van der Waals surface area contributed by atoms with Crippen LogP contribution in [0.3, 0.4) is 0 Å². The van der Waals surface area contributed by atoms with E-state index >= 15 is 0 Å². The minimum Gasteiger partial charge on any atom is -0.334 e. The lowest BCUT2D eigenvalue weighted by molar-refractivity contribution is -0.133. The van der Waals surface area contributed by atoms with Crippen LogP contribution in [-0.2, 0) is 11.3 Å². The number of H-pyrrole nitrogens is 1. The normalized spacial score (nSPS) is 17.2. The van der Waals surface area contributed by atoms with E-state index in [1.807, 2.05) is 18.7 Å². The van der Waals surface area contributed by atoms with Gasteiger partial charge in [-0.15, -0.1) is 5.10 Å². The van der Waals surface area contributed by atoms with Gasteiger partial charge in [0.1, 0.15) is 12.1 Å². The number of aryl methyl sites for hydroxylation is 2. The molecule has 1 N–H and O–H groups in total. The first-order chi connectivity index (χ1) is 12.6. The van der Waals surface area contributed by atoms with Gasteiger partial charge in [0.15, 0.2) is 0 Å². The molecule has 3 aromatic rings. The second-order valence-corrected chi connectivity index (χ2v) is 6.66. The van der Waals surface area contributed by atoms with Crippen LogP contribution in [0.5, 0.6) is 0 Å². The monoisotopic (exact) mass is 352 g/mol. The fourth-order valence-corrected chi connectivity index (χ4v) is 3.76. The molecular weight excluding hydrogens is 332 g/mol. The van der Waals surface area contributed by atoms with Crippen molar-refractivity contribution in [2.75, 3.05) is 6.54 Å². The summed E-state index contributed by atoms with van der Waals surface area (Å²) >= 11 is 0. The van der Waals surface area contributed by atoms with Gasteiger partial charge in [0.05, 0.1) is 17.1 Å². The summed E-state index contributed by atoms with van der Waals surface area (Å²) in [6, 6.07) is 7.00. The van der Waals surface area contributed by atoms with Gasteiger partial charge in [-0.05, 0) is 38.8 Å². The highest BCUT2D eigenvalue weighted by Crippen LogP contribution is 2.34. The molecule has 0 radical (unpaired) electrons. The SMILES string of the molecule is Cc1n[nH]c(C)c1C1CCCN1C(=O)Cn1nnc2ccccc2c1=O. The molecule has 8 nitrogen and oxygen atoms in total. The van der Waals surface area contributed by atoms with E-state index in [4.69, 9.17) is 0 Å². The standard InChI is InChI=1S/C18H20N6O2/c1-11-17(12(2)20-19-11)15-8-5-9-23(15)16(25)10-24-18(26)13-6-3-4-7-14(13)21-22-24/h3-4,6-7,15H,5,8-10H2,1-2H3,(H,19,20). The predicted octanol–water partition coefficient (Wildman–Crippen LogP) is 1.50. The summed E-state index contributed by atoms with van der Waals surface area (Å²) in [5.74, 6) is -0.126. The van der Waals surface area contributed by atoms with Crippen LogP contribution in [0.2, 0.25) is 0 Å². The van der Waals surface area contributed by atoms with Gasteiger partial charge in [0.2, 0.25) is 5.91 Å². The molecule has 1 unspecified atom stereocenters. The second kappa shape index (κ2) is 6.36. The fourth-order valence-electron chi connectivity index (χ4n) is 3.76. The van der Waals surface area contributed by atoms with Gasteiger partial charge in [-0.3, -0.25) is 14.7 Å². The topological polar surface area (TPSA) is 96.8 Å². The average Bonchev–Trinajstić information content (AvgIpc) is 3.24. The molecule has 134 valence electrons. The quantitative estimate of drug-likeness (QED) is 0.770. The summed E-state index contributed by atoms with van der Waals surface area (Å²) in [6.45, 7) is 4.47. The molecule has 1 amide bonds. The minimum atomic E-state index is -0.296. The summed E-state index contributed by atoms with van der Waals surface area (Å²) in [5.41, 5.74) is 3.21. The lowest BCUT2D eigenvalue weighted by atomic mass is 10.0. The Labute approximate surface area is 149 Å². The number of carbonyl (C=O) groups is 1. The van der Waals surface area contributed by atoms with Crippen LogP contribution < -0.4 is 5.56 Å². The molecule has 1 aliphatic heterocycles. The van der Waals surface area contributed by atoms with Gasteiger partial charge in [-0.2, -0.15) is 5.10 Å². The van der Waals surface area contributed by atoms with E-state index in [0.717, 1.165) is 34.5 Å². The summed E-state index contributed by atoms with van der Waals surface area (Å²) in [6.07, 6.45) is 1.82. The number of hydrogen-bond donors (Lipinski definition) is 1. The van der Waals surface area contributed by atoms with Crippen LogP contribution in [-0.4, -0.2) is 42.5 Å². The van der Waals surface area contributed by atoms with E-state index in [-0.39, 0.29) is 24.1 Å². The van der Waals surface area contributed by atoms with E-state index in [1.165, 1.54) is 0 Å². The summed E-state index contributed by atoms with van der Waals surface area (Å²) in [4.78, 5) is 27.3. The number of benzene rings is 1. The highest BCUT2D eigenvalue weighted by molar-refractivity contribution is 5.79. The Kier molecular flexibility index (Phi) is 4.02. The molecule has 1 atom stereocenters. The molecule has 8 heteroatoms. The second-order valence-electron chi connectivity index (χ2n) is 6.66. The van der Waals surface area contributed by atoms with Crippen molar-refractivity contribution < 1.29 is 4.79 Å². The number of hydrogen-bond acceptors (Lipinski definition) is 5. The van der Waals surface area contributed by atoms with Gasteiger partial charge in [-0.25, -0.2) is 4.68 Å². The maximum atomic E-state index is 12.9. The molecule has 0 bridgehead atoms. The zero-order valence-electron chi connectivity index (χ0n) is 14.8. The van der Waals surface area contributed by atoms with Gasteiger partial charge >= 0.3 is 0 Å². The molecule has 1 saturated heterocycles. The van der Waals surface area contributed by atoms with Crippen molar-refractivity contribution in [3.05, 3.63) is 51.6 Å². The number of nitrogens with zero attached hydrogens (tertiary/aromatic N) is 5. The Morgan fingerprint density at radius 1 is 1.31 bits per heavy atom. The number of fused-ring (bicyclic) bond motifs is 1. The Balaban J connectivity index is 1.62. The molecule has 0 saturated carbocycles. The van der Waals surface area contributed by atoms with Gasteiger partial charge in [-0.1, -0.05) is 17.3 Å². The van der Waals surface area contributed by atoms with Crippen LogP contribution in [0.4, 0.5) is 0 Å². The first-order valence-electron chi connectivity index (χ1n) is 8.69. The number of carbonyl (C=O) groups excluding carboxylic acids is 1. The number of aromatic nitrogens is 5. The van der Waals surface area contributed by atoms with E-state index in [0.29, 0.717) is 17.4 Å². The third-order valence-corrected chi connectivity index (χ3v) is 5.01. The molecule has 1 fully saturated rings. The molecule has 0 spiro atoms. The van der Waals surface area contributed by atoms with Crippen molar-refractivity contribution in [3.8, 4) is 0 Å². The third-order valence-electron chi connectivity index (χ3n) is 5.01. The Morgan fingerprint density at radius 2 is 2.12 bits per heavy atom. The van der Waals surface area contributed by atoms with Crippen molar-refractivity contribution in [2.45, 2.75) is 39.3 Å². The summed E-state index contributed by atoms with van der Waals surface area (Å²) < 4.78 is 1.15. The number of likely N-dealkylation sites (tertiary alicyclic amines) is 1. The number of nitrogens with one attached hydrogen (secondary N) is 1. The van der Waals surface area contributed by atoms with E-state index in [2.05, 4.69) is 20.5 Å². The zero-order chi connectivity index (χ0) is 18.3. The molecular formula is C18H20N6O2. The van der Waals surface area contributed by atoms with Crippen LogP contribution in [0.15, 0.2) is 29.1 Å². The molecule has 4 rings (SSSR count). The molecule has 1 aliphatic rings. The third kappa shape index (κ3) is 2.67. The highest BCUT2D eigenvalue weighted by Gasteiger charge is 2.33. The van der Waals surface area contributed by atoms with Crippen LogP contribution in [0.1, 0.15) is 35.8 Å². The molecule has 3 heterocycles. The van der Waals surface area contributed by atoms with Gasteiger partial charge in [0, 0.05) is 17.8 Å². The number of amides is 1. The molecule has 26 heavy (non-hydrogen) atoms. The summed E-state index contributed by atoms with van der Waals surface area (Å²) in [7, 11) is 0. The first-order valence-corrected chi connectivity index (χ1v) is 8.69. The number of rotatable bonds is 3. The maximum Gasteiger partial charge on any atom is 0.278 e. The smallest absolute Gasteiger partial charge is 0.278 e. The maximum absolute atomic E-state index is 12.9. The van der Waals surface area contributed by atoms with E-state index < -0.39 is 0 Å². The van der Waals surface area contributed by atoms with Crippen molar-refractivity contribution >= 4 is 16.8 Å². The molecule has 0 aliphatic carbocycles. The van der Waals surface area contributed by atoms with Crippen LogP contribution >= 0.6 is 0 Å². The van der Waals surface area contributed by atoms with Crippen molar-refractivity contribution in [1.82, 2.24) is 30.1 Å². The largest absolute Gasteiger partial charge is 0.334 e. The van der Waals surface area contributed by atoms with Crippen LogP contribution in [0.25, 0.3) is 10.9 Å². The Hall–Kier alpha value is -3.03. The predicted molar refractivity (Wildman–Crippen MR) is 95.5 cm³/mol. The average molecular weight is 352 g/mol. The van der Waals surface area contributed by atoms with Crippen molar-refractivity contribution in [3.63, 3.8) is 0 Å². The zero-order valence-corrected chi connectivity index (χ0v) is 14.8. The lowest BCUT2D eigenvalue weighted by Gasteiger charge is -2.25. The van der Waals surface area contributed by atoms with Crippen molar-refractivity contribution in [2.24, 2.45) is 0 Å². The highest BCUT2D eigenvalue weighted by atomic mass is 16.2. The molecule has 2 aromatic heterocycles. The van der Waals surface area contributed by atoms with Gasteiger partial charge < -0.3 is 4.90 Å². The lowest BCUT2D eigenvalue weighted by Crippen LogP contribution is -2.37. The Morgan fingerprint density at radius 3 is 2.88 bits per heavy atom. The summed E-state index contributed by atoms with van der Waals surface area (Å²) in [5, 5.41) is 15.7. The van der Waals surface area contributed by atoms with E-state index in [1.54, 1.807) is 24.3 Å². The first kappa shape index (κ1) is 16.4. The Bertz CT molecular complexity index is 1020. The molecule has 1 aromatic carbocycles. The van der Waals surface area contributed by atoms with Gasteiger partial charge in [0.25, 0.3) is 5.56 Å². The fraction of sp³-hybridized carbons (Fsp3) is 0.389. The van der Waals surface area contributed by atoms with E-state index in [9.17, 15) is 9.59 Å². The van der Waals surface area contributed by atoms with Crippen LogP contribution in [0, 0.1) is 13.8 Å².